The fourth-order valence-corrected chi connectivity index (χ4v) is 5.07. The Morgan fingerprint density at radius 3 is 1.95 bits per heavy atom. The van der Waals surface area contributed by atoms with Gasteiger partial charge in [-0.05, 0) is 54.6 Å². The molecule has 6 nitrogen and oxygen atoms in total. The average molecular weight is 496 g/mol. The van der Waals surface area contributed by atoms with Crippen molar-refractivity contribution in [2.24, 2.45) is 0 Å². The van der Waals surface area contributed by atoms with Crippen molar-refractivity contribution in [3.63, 3.8) is 0 Å². The van der Waals surface area contributed by atoms with Crippen molar-refractivity contribution in [2.75, 3.05) is 0 Å². The number of fused-ring (bicyclic) bond motifs is 2. The van der Waals surface area contributed by atoms with Gasteiger partial charge in [0.2, 0.25) is 6.20 Å². The van der Waals surface area contributed by atoms with Crippen LogP contribution in [-0.2, 0) is 0 Å². The molecule has 0 spiro atoms. The molecule has 2 aromatic heterocycles. The molecule has 0 atom stereocenters. The van der Waals surface area contributed by atoms with Crippen LogP contribution in [0.2, 0.25) is 0 Å². The molecule has 7 aromatic rings. The molecule has 0 aliphatic carbocycles. The van der Waals surface area contributed by atoms with Crippen molar-refractivity contribution in [1.82, 2.24) is 14.2 Å². The Bertz CT molecular complexity index is 1800. The van der Waals surface area contributed by atoms with Gasteiger partial charge in [-0.2, -0.15) is 0 Å². The summed E-state index contributed by atoms with van der Waals surface area (Å²) in [4.78, 5) is 5.04. The highest BCUT2D eigenvalue weighted by Crippen LogP contribution is 2.35. The lowest BCUT2D eigenvalue weighted by Crippen LogP contribution is -2.39. The number of phenolic OH excluding ortho intramolecular Hbond substituents is 2. The van der Waals surface area contributed by atoms with Crippen molar-refractivity contribution in [3.05, 3.63) is 128 Å². The van der Waals surface area contributed by atoms with E-state index in [2.05, 4.69) is 21.4 Å². The number of imidazole rings is 1. The lowest BCUT2D eigenvalue weighted by Gasteiger charge is -2.10. The first kappa shape index (κ1) is 21.9. The second-order valence-corrected chi connectivity index (χ2v) is 9.13. The predicted octanol–water partition coefficient (Wildman–Crippen LogP) is 6.32. The van der Waals surface area contributed by atoms with Crippen molar-refractivity contribution < 1.29 is 14.9 Å². The number of aromatic nitrogens is 4. The monoisotopic (exact) mass is 495 g/mol. The summed E-state index contributed by atoms with van der Waals surface area (Å²) in [6.07, 6.45) is 2.03. The molecule has 0 amide bonds. The van der Waals surface area contributed by atoms with E-state index in [-0.39, 0.29) is 11.5 Å². The van der Waals surface area contributed by atoms with Crippen LogP contribution in [0.1, 0.15) is 0 Å². The Kier molecular flexibility index (Phi) is 4.97. The molecule has 0 aliphatic rings. The third-order valence-corrected chi connectivity index (χ3v) is 6.80. The standard InChI is InChI=1S/C32H22N4O2/c37-30-17-9-7-15-25(30)32-33-26-20-28-22(19-29(26)35(32)23-11-3-1-4-12-23)21-34(27-16-8-10-18-31(27)38)36(28)24-13-5-2-6-14-24/h1-21,38H/p+1. The molecule has 2 N–H and O–H groups in total. The van der Waals surface area contributed by atoms with Gasteiger partial charge in [0.05, 0.1) is 22.0 Å². The fraction of sp³-hybridized carbons (Fsp3) is 0. The zero-order valence-corrected chi connectivity index (χ0v) is 20.3. The number of phenols is 2. The summed E-state index contributed by atoms with van der Waals surface area (Å²) in [5, 5.41) is 22.4. The largest absolute Gasteiger partial charge is 0.507 e. The van der Waals surface area contributed by atoms with Crippen LogP contribution >= 0.6 is 0 Å². The summed E-state index contributed by atoms with van der Waals surface area (Å²) < 4.78 is 6.12. The SMILES string of the molecule is Oc1ccccc1-c1nc2cc3c(cc2n1-c1ccccc1)c[n+](-c1ccccc1O)n3-c1ccccc1. The van der Waals surface area contributed by atoms with Gasteiger partial charge >= 0.3 is 0 Å². The van der Waals surface area contributed by atoms with Gasteiger partial charge in [0.1, 0.15) is 22.8 Å². The van der Waals surface area contributed by atoms with E-state index in [1.54, 1.807) is 12.1 Å². The van der Waals surface area contributed by atoms with Gasteiger partial charge in [-0.1, -0.05) is 65.3 Å². The summed E-state index contributed by atoms with van der Waals surface area (Å²) in [7, 11) is 0. The quantitative estimate of drug-likeness (QED) is 0.281. The van der Waals surface area contributed by atoms with Crippen LogP contribution in [0.3, 0.4) is 0 Å². The predicted molar refractivity (Wildman–Crippen MR) is 148 cm³/mol. The topological polar surface area (TPSA) is 67.1 Å². The molecule has 0 unspecified atom stereocenters. The first-order valence-electron chi connectivity index (χ1n) is 12.4. The minimum atomic E-state index is 0.177. The van der Waals surface area contributed by atoms with E-state index in [1.165, 1.54) is 0 Å². The van der Waals surface area contributed by atoms with Gasteiger partial charge in [0.15, 0.2) is 5.75 Å². The van der Waals surface area contributed by atoms with Gasteiger partial charge < -0.3 is 10.2 Å². The maximum Gasteiger partial charge on any atom is 0.277 e. The van der Waals surface area contributed by atoms with Gasteiger partial charge in [-0.15, -0.1) is 4.68 Å². The number of nitrogens with zero attached hydrogens (tertiary/aromatic N) is 4. The van der Waals surface area contributed by atoms with E-state index in [0.29, 0.717) is 17.1 Å². The zero-order chi connectivity index (χ0) is 25.6. The van der Waals surface area contributed by atoms with Crippen LogP contribution in [0, 0.1) is 0 Å². The molecule has 38 heavy (non-hydrogen) atoms. The normalized spacial score (nSPS) is 11.4. The Hall–Kier alpha value is -5.36. The molecule has 7 rings (SSSR count). The van der Waals surface area contributed by atoms with Crippen LogP contribution < -0.4 is 4.68 Å². The third-order valence-electron chi connectivity index (χ3n) is 6.80. The molecule has 0 fully saturated rings. The number of rotatable bonds is 4. The molecule has 5 aromatic carbocycles. The number of hydrogen-bond donors (Lipinski definition) is 2. The molecule has 0 aliphatic heterocycles. The number of aromatic hydroxyl groups is 2. The molecule has 2 heterocycles. The van der Waals surface area contributed by atoms with Gasteiger partial charge in [-0.3, -0.25) is 4.57 Å². The number of para-hydroxylation sites is 5. The summed E-state index contributed by atoms with van der Waals surface area (Å²) >= 11 is 0. The first-order chi connectivity index (χ1) is 18.7. The van der Waals surface area contributed by atoms with Crippen LogP contribution in [0.25, 0.3) is 50.4 Å². The van der Waals surface area contributed by atoms with Gasteiger partial charge in [0, 0.05) is 11.8 Å². The maximum absolute atomic E-state index is 10.7. The van der Waals surface area contributed by atoms with Crippen molar-refractivity contribution in [2.45, 2.75) is 0 Å². The summed E-state index contributed by atoms with van der Waals surface area (Å²) in [5.74, 6) is 1.03. The second-order valence-electron chi connectivity index (χ2n) is 9.13. The Morgan fingerprint density at radius 2 is 1.24 bits per heavy atom. The van der Waals surface area contributed by atoms with E-state index in [0.717, 1.165) is 33.3 Å². The lowest BCUT2D eigenvalue weighted by molar-refractivity contribution is -0.672. The molecule has 0 saturated carbocycles. The van der Waals surface area contributed by atoms with Crippen LogP contribution in [0.4, 0.5) is 0 Å². The Labute approximate surface area is 218 Å². The number of hydrogen-bond acceptors (Lipinski definition) is 3. The molecule has 0 bridgehead atoms. The Balaban J connectivity index is 1.58. The van der Waals surface area contributed by atoms with E-state index in [4.69, 9.17) is 4.98 Å². The van der Waals surface area contributed by atoms with Crippen molar-refractivity contribution in [1.29, 1.82) is 0 Å². The van der Waals surface area contributed by atoms with Crippen molar-refractivity contribution in [3.8, 4) is 39.9 Å². The minimum absolute atomic E-state index is 0.177. The smallest absolute Gasteiger partial charge is 0.277 e. The Morgan fingerprint density at radius 1 is 0.605 bits per heavy atom. The molecule has 0 radical (unpaired) electrons. The second kappa shape index (κ2) is 8.64. The van der Waals surface area contributed by atoms with E-state index in [9.17, 15) is 10.2 Å². The third kappa shape index (κ3) is 3.43. The van der Waals surface area contributed by atoms with Crippen LogP contribution in [0.15, 0.2) is 128 Å². The molecule has 0 saturated heterocycles. The minimum Gasteiger partial charge on any atom is -0.507 e. The molecule has 182 valence electrons. The van der Waals surface area contributed by atoms with Crippen molar-refractivity contribution >= 4 is 21.9 Å². The van der Waals surface area contributed by atoms with E-state index < -0.39 is 0 Å². The fourth-order valence-electron chi connectivity index (χ4n) is 5.07. The zero-order valence-electron chi connectivity index (χ0n) is 20.3. The average Bonchev–Trinajstić information content (AvgIpc) is 3.51. The summed E-state index contributed by atoms with van der Waals surface area (Å²) in [6, 6.07) is 38.8. The van der Waals surface area contributed by atoms with Gasteiger partial charge in [0.25, 0.3) is 5.69 Å². The van der Waals surface area contributed by atoms with Gasteiger partial charge in [-0.25, -0.2) is 4.98 Å². The highest BCUT2D eigenvalue weighted by Gasteiger charge is 2.25. The summed E-state index contributed by atoms with van der Waals surface area (Å²) in [5.41, 5.74) is 5.88. The number of benzene rings is 5. The summed E-state index contributed by atoms with van der Waals surface area (Å²) in [6.45, 7) is 0. The van der Waals surface area contributed by atoms with Crippen LogP contribution in [-0.4, -0.2) is 24.4 Å². The maximum atomic E-state index is 10.7. The molecular formula is C32H23N4O2+. The first-order valence-corrected chi connectivity index (χ1v) is 12.4. The van der Waals surface area contributed by atoms with E-state index in [1.807, 2.05) is 108 Å². The van der Waals surface area contributed by atoms with Crippen LogP contribution in [0.5, 0.6) is 11.5 Å². The highest BCUT2D eigenvalue weighted by atomic mass is 16.3. The molecule has 6 heteroatoms. The molecular weight excluding hydrogens is 472 g/mol. The highest BCUT2D eigenvalue weighted by molar-refractivity contribution is 5.96. The van der Waals surface area contributed by atoms with E-state index >= 15 is 0 Å². The lowest BCUT2D eigenvalue weighted by atomic mass is 10.2.